The first-order valence-corrected chi connectivity index (χ1v) is 16.1. The molecule has 0 radical (unpaired) electrons. The van der Waals surface area contributed by atoms with Gasteiger partial charge >= 0.3 is 6.09 Å². The number of hydrogen-bond donors (Lipinski definition) is 1. The lowest BCUT2D eigenvalue weighted by Gasteiger charge is -2.48. The predicted octanol–water partition coefficient (Wildman–Crippen LogP) is 4.72. The van der Waals surface area contributed by atoms with E-state index >= 15 is 0 Å². The van der Waals surface area contributed by atoms with Crippen LogP contribution in [0.5, 0.6) is 11.6 Å². The van der Waals surface area contributed by atoms with Gasteiger partial charge in [-0.25, -0.2) is 19.2 Å². The number of nitrogens with zero attached hydrogens (tertiary/aromatic N) is 5. The molecule has 48 heavy (non-hydrogen) atoms. The SMILES string of the molecule is CCOc1ncccc1-c1ccc(OC2COC3(C2)CN(c2ccc(F)cc2C#N)C3)c(C(=O)N[C@@H]2CCN(C(=O)OC(C)(C)C)C2)n1. The molecule has 3 saturated heterocycles. The summed E-state index contributed by atoms with van der Waals surface area (Å²) in [4.78, 5) is 39.1. The Morgan fingerprint density at radius 1 is 1.21 bits per heavy atom. The largest absolute Gasteiger partial charge is 0.485 e. The monoisotopic (exact) mass is 658 g/mol. The van der Waals surface area contributed by atoms with E-state index in [9.17, 15) is 19.2 Å². The maximum atomic E-state index is 13.8. The second-order valence-electron chi connectivity index (χ2n) is 13.3. The Morgan fingerprint density at radius 3 is 2.77 bits per heavy atom. The number of nitriles is 1. The first-order chi connectivity index (χ1) is 23.0. The van der Waals surface area contributed by atoms with Crippen LogP contribution in [0.15, 0.2) is 48.7 Å². The maximum Gasteiger partial charge on any atom is 0.410 e. The summed E-state index contributed by atoms with van der Waals surface area (Å²) in [7, 11) is 0. The van der Waals surface area contributed by atoms with Crippen molar-refractivity contribution in [2.45, 2.75) is 63.9 Å². The van der Waals surface area contributed by atoms with Gasteiger partial charge in [-0.05, 0) is 76.6 Å². The van der Waals surface area contributed by atoms with Gasteiger partial charge in [0, 0.05) is 44.8 Å². The minimum Gasteiger partial charge on any atom is -0.485 e. The molecule has 3 aliphatic heterocycles. The van der Waals surface area contributed by atoms with Crippen LogP contribution in [-0.4, -0.2) is 89.6 Å². The van der Waals surface area contributed by atoms with Crippen LogP contribution in [0.1, 0.15) is 56.6 Å². The first-order valence-electron chi connectivity index (χ1n) is 16.1. The Hall–Kier alpha value is -4.96. The molecule has 5 heterocycles. The lowest BCUT2D eigenvalue weighted by atomic mass is 9.89. The molecule has 3 aromatic rings. The van der Waals surface area contributed by atoms with Crippen LogP contribution in [0.2, 0.25) is 0 Å². The molecule has 1 aromatic carbocycles. The normalized spacial score (nSPS) is 19.8. The summed E-state index contributed by atoms with van der Waals surface area (Å²) < 4.78 is 37.5. The number of aromatic nitrogens is 2. The molecule has 2 amide bonds. The van der Waals surface area contributed by atoms with E-state index in [1.165, 1.54) is 12.1 Å². The molecule has 2 atom stereocenters. The van der Waals surface area contributed by atoms with E-state index in [-0.39, 0.29) is 23.4 Å². The molecule has 1 N–H and O–H groups in total. The molecule has 3 fully saturated rings. The van der Waals surface area contributed by atoms with E-state index in [0.29, 0.717) is 80.8 Å². The van der Waals surface area contributed by atoms with Crippen molar-refractivity contribution in [1.29, 1.82) is 5.26 Å². The second-order valence-corrected chi connectivity index (χ2v) is 13.3. The van der Waals surface area contributed by atoms with Gasteiger partial charge in [0.15, 0.2) is 11.4 Å². The van der Waals surface area contributed by atoms with E-state index in [4.69, 9.17) is 23.9 Å². The number of pyridine rings is 2. The first kappa shape index (κ1) is 33.0. The molecule has 0 aliphatic carbocycles. The van der Waals surface area contributed by atoms with Crippen LogP contribution in [-0.2, 0) is 9.47 Å². The standard InChI is InChI=1S/C35H39FN6O6/c1-5-45-32-26(7-6-13-38-32)27-9-11-29(30(40-27)31(43)39-24-12-14-41(18-24)33(44)48-34(2,3)4)47-25-16-35(46-19-25)20-42(21-35)28-10-8-23(36)15-22(28)17-37/h6-11,13,15,24-25H,5,12,14,16,18-21H2,1-4H3,(H,39,43)/t24-,25?/m1/s1. The number of benzene rings is 1. The lowest BCUT2D eigenvalue weighted by molar-refractivity contribution is -0.0196. The van der Waals surface area contributed by atoms with Gasteiger partial charge in [-0.2, -0.15) is 5.26 Å². The van der Waals surface area contributed by atoms with Gasteiger partial charge in [-0.3, -0.25) is 4.79 Å². The fourth-order valence-electron chi connectivity index (χ4n) is 6.29. The topological polar surface area (TPSA) is 139 Å². The average Bonchev–Trinajstić information content (AvgIpc) is 3.68. The van der Waals surface area contributed by atoms with Crippen LogP contribution in [0.3, 0.4) is 0 Å². The minimum atomic E-state index is -0.623. The third-order valence-corrected chi connectivity index (χ3v) is 8.42. The van der Waals surface area contributed by atoms with E-state index in [1.807, 2.05) is 38.7 Å². The Labute approximate surface area is 278 Å². The van der Waals surface area contributed by atoms with Crippen molar-refractivity contribution in [2.24, 2.45) is 0 Å². The quantitative estimate of drug-likeness (QED) is 0.362. The highest BCUT2D eigenvalue weighted by Gasteiger charge is 2.51. The molecule has 6 rings (SSSR count). The summed E-state index contributed by atoms with van der Waals surface area (Å²) >= 11 is 0. The highest BCUT2D eigenvalue weighted by atomic mass is 19.1. The summed E-state index contributed by atoms with van der Waals surface area (Å²) in [5.41, 5.74) is 1.04. The van der Waals surface area contributed by atoms with E-state index in [2.05, 4.69) is 16.4 Å². The minimum absolute atomic E-state index is 0.0932. The molecule has 13 heteroatoms. The van der Waals surface area contributed by atoms with Crippen LogP contribution < -0.4 is 19.7 Å². The smallest absolute Gasteiger partial charge is 0.410 e. The van der Waals surface area contributed by atoms with Crippen molar-refractivity contribution < 1.29 is 32.9 Å². The molecule has 1 spiro atoms. The maximum absolute atomic E-state index is 13.8. The van der Waals surface area contributed by atoms with Crippen molar-refractivity contribution in [3.63, 3.8) is 0 Å². The van der Waals surface area contributed by atoms with Crippen molar-refractivity contribution in [2.75, 3.05) is 44.3 Å². The zero-order valence-corrected chi connectivity index (χ0v) is 27.5. The van der Waals surface area contributed by atoms with Crippen molar-refractivity contribution in [1.82, 2.24) is 20.2 Å². The molecular weight excluding hydrogens is 619 g/mol. The van der Waals surface area contributed by atoms with E-state index < -0.39 is 29.0 Å². The molecule has 0 bridgehead atoms. The van der Waals surface area contributed by atoms with E-state index in [1.54, 1.807) is 35.4 Å². The van der Waals surface area contributed by atoms with E-state index in [0.717, 1.165) is 0 Å². The van der Waals surface area contributed by atoms with Crippen molar-refractivity contribution >= 4 is 17.7 Å². The van der Waals surface area contributed by atoms with Gasteiger partial charge in [0.25, 0.3) is 5.91 Å². The number of ether oxygens (including phenoxy) is 4. The number of carbonyl (C=O) groups is 2. The number of anilines is 1. The number of nitrogens with one attached hydrogen (secondary N) is 1. The van der Waals surface area contributed by atoms with Crippen molar-refractivity contribution in [3.8, 4) is 29.0 Å². The Balaban J connectivity index is 1.19. The van der Waals surface area contributed by atoms with Gasteiger partial charge < -0.3 is 34.1 Å². The Morgan fingerprint density at radius 2 is 2.02 bits per heavy atom. The number of hydrogen-bond acceptors (Lipinski definition) is 10. The number of amides is 2. The highest BCUT2D eigenvalue weighted by molar-refractivity contribution is 5.96. The zero-order valence-electron chi connectivity index (χ0n) is 27.5. The summed E-state index contributed by atoms with van der Waals surface area (Å²) in [6.45, 7) is 9.83. The van der Waals surface area contributed by atoms with Gasteiger partial charge in [-0.1, -0.05) is 0 Å². The van der Waals surface area contributed by atoms with Gasteiger partial charge in [-0.15, -0.1) is 0 Å². The van der Waals surface area contributed by atoms with Crippen molar-refractivity contribution in [3.05, 3.63) is 65.7 Å². The van der Waals surface area contributed by atoms with Crippen LogP contribution in [0, 0.1) is 17.1 Å². The lowest BCUT2D eigenvalue weighted by Crippen LogP contribution is -2.62. The second kappa shape index (κ2) is 13.3. The van der Waals surface area contributed by atoms with Gasteiger partial charge in [0.1, 0.15) is 29.2 Å². The van der Waals surface area contributed by atoms with Gasteiger partial charge in [0.2, 0.25) is 5.88 Å². The third-order valence-electron chi connectivity index (χ3n) is 8.42. The Kier molecular flexibility index (Phi) is 9.11. The third kappa shape index (κ3) is 7.13. The average molecular weight is 659 g/mol. The number of rotatable bonds is 8. The summed E-state index contributed by atoms with van der Waals surface area (Å²) in [6.07, 6.45) is 1.97. The fraction of sp³-hybridized carbons (Fsp3) is 0.457. The molecule has 252 valence electrons. The zero-order chi connectivity index (χ0) is 34.1. The number of likely N-dealkylation sites (tertiary alicyclic amines) is 1. The molecule has 3 aliphatic rings. The molecule has 1 unspecified atom stereocenters. The highest BCUT2D eigenvalue weighted by Crippen LogP contribution is 2.40. The van der Waals surface area contributed by atoms with Crippen LogP contribution in [0.4, 0.5) is 14.9 Å². The Bertz CT molecular complexity index is 1730. The van der Waals surface area contributed by atoms with Crippen LogP contribution in [0.25, 0.3) is 11.3 Å². The number of halogens is 1. The summed E-state index contributed by atoms with van der Waals surface area (Å²) in [5, 5.41) is 12.5. The fourth-order valence-corrected chi connectivity index (χ4v) is 6.29. The molecule has 2 aromatic heterocycles. The summed E-state index contributed by atoms with van der Waals surface area (Å²) in [6, 6.07) is 13.0. The number of carbonyl (C=O) groups excluding carboxylic acids is 2. The van der Waals surface area contributed by atoms with Crippen LogP contribution >= 0.6 is 0 Å². The molecular formula is C35H39FN6O6. The van der Waals surface area contributed by atoms with Gasteiger partial charge in [0.05, 0.1) is 35.7 Å². The molecule has 12 nitrogen and oxygen atoms in total. The summed E-state index contributed by atoms with van der Waals surface area (Å²) in [5.74, 6) is -0.194. The predicted molar refractivity (Wildman–Crippen MR) is 173 cm³/mol. The molecule has 0 saturated carbocycles.